The van der Waals surface area contributed by atoms with Crippen LogP contribution in [0.15, 0.2) is 58.8 Å². The molecule has 0 unspecified atom stereocenters. The van der Waals surface area contributed by atoms with Gasteiger partial charge in [-0.25, -0.2) is 4.98 Å². The molecule has 2 aromatic carbocycles. The van der Waals surface area contributed by atoms with E-state index in [1.54, 1.807) is 11.3 Å². The molecule has 1 aromatic heterocycles. The second-order valence-corrected chi connectivity index (χ2v) is 8.67. The predicted octanol–water partition coefficient (Wildman–Crippen LogP) is 5.01. The van der Waals surface area contributed by atoms with Crippen LogP contribution in [0.2, 0.25) is 0 Å². The third-order valence-electron chi connectivity index (χ3n) is 5.59. The topological polar surface area (TPSA) is 50.1 Å². The van der Waals surface area contributed by atoms with Gasteiger partial charge in [0.15, 0.2) is 0 Å². The number of ether oxygens (including phenoxy) is 1. The Morgan fingerprint density at radius 1 is 1.07 bits per heavy atom. The molecule has 1 fully saturated rings. The highest BCUT2D eigenvalue weighted by Gasteiger charge is 2.25. The maximum Gasteiger partial charge on any atom is 0.231 e. The molecule has 0 spiro atoms. The Kier molecular flexibility index (Phi) is 6.18. The van der Waals surface area contributed by atoms with Gasteiger partial charge in [0.2, 0.25) is 5.13 Å². The lowest BCUT2D eigenvalue weighted by molar-refractivity contribution is -0.915. The highest BCUT2D eigenvalue weighted by Crippen LogP contribution is 2.29. The van der Waals surface area contributed by atoms with Crippen molar-refractivity contribution < 1.29 is 9.22 Å². The Bertz CT molecular complexity index is 930. The average Bonchev–Trinajstić information content (AvgIpc) is 3.17. The molecule has 152 valence electrons. The van der Waals surface area contributed by atoms with Crippen LogP contribution in [-0.4, -0.2) is 62.5 Å². The molecule has 4 rings (SSSR count). The van der Waals surface area contributed by atoms with Crippen molar-refractivity contribution in [3.8, 4) is 0 Å². The van der Waals surface area contributed by atoms with Crippen LogP contribution in [0.25, 0.3) is 10.2 Å². The SMILES string of the molecule is CCN(CC[N+]1(C)CCOCC1)c1ccc(N=Nc2nc3ccccc3s2)cc1. The summed E-state index contributed by atoms with van der Waals surface area (Å²) >= 11 is 1.56. The van der Waals surface area contributed by atoms with E-state index in [1.165, 1.54) is 5.69 Å². The van der Waals surface area contributed by atoms with Crippen molar-refractivity contribution in [2.75, 3.05) is 57.9 Å². The summed E-state index contributed by atoms with van der Waals surface area (Å²) in [5.74, 6) is 0. The van der Waals surface area contributed by atoms with Crippen molar-refractivity contribution in [2.24, 2.45) is 10.2 Å². The van der Waals surface area contributed by atoms with Crippen molar-refractivity contribution in [3.63, 3.8) is 0 Å². The summed E-state index contributed by atoms with van der Waals surface area (Å²) in [5, 5.41) is 9.37. The van der Waals surface area contributed by atoms with E-state index < -0.39 is 0 Å². The zero-order valence-electron chi connectivity index (χ0n) is 17.1. The number of azo groups is 1. The number of hydrogen-bond acceptors (Lipinski definition) is 6. The van der Waals surface area contributed by atoms with Crippen LogP contribution in [0.1, 0.15) is 6.92 Å². The summed E-state index contributed by atoms with van der Waals surface area (Å²) in [6.45, 7) is 9.32. The van der Waals surface area contributed by atoms with Crippen LogP contribution in [0.5, 0.6) is 0 Å². The molecule has 2 heterocycles. The lowest BCUT2D eigenvalue weighted by atomic mass is 10.2. The smallest absolute Gasteiger partial charge is 0.231 e. The Morgan fingerprint density at radius 2 is 1.83 bits per heavy atom. The second kappa shape index (κ2) is 8.98. The predicted molar refractivity (Wildman–Crippen MR) is 120 cm³/mol. The highest BCUT2D eigenvalue weighted by atomic mass is 32.1. The number of fused-ring (bicyclic) bond motifs is 1. The molecule has 7 heteroatoms. The fourth-order valence-corrected chi connectivity index (χ4v) is 4.36. The lowest BCUT2D eigenvalue weighted by Gasteiger charge is -2.39. The summed E-state index contributed by atoms with van der Waals surface area (Å²) in [4.78, 5) is 6.93. The molecule has 1 saturated heterocycles. The third-order valence-corrected chi connectivity index (χ3v) is 6.51. The number of benzene rings is 2. The summed E-state index contributed by atoms with van der Waals surface area (Å²) in [7, 11) is 2.34. The molecule has 0 bridgehead atoms. The van der Waals surface area contributed by atoms with Gasteiger partial charge in [-0.15, -0.1) is 10.2 Å². The zero-order valence-corrected chi connectivity index (χ0v) is 17.9. The van der Waals surface area contributed by atoms with Gasteiger partial charge in [0.25, 0.3) is 0 Å². The number of likely N-dealkylation sites (N-methyl/N-ethyl adjacent to an activating group) is 2. The second-order valence-electron chi connectivity index (χ2n) is 7.66. The molecule has 0 saturated carbocycles. The fourth-order valence-electron chi connectivity index (χ4n) is 3.57. The van der Waals surface area contributed by atoms with Crippen LogP contribution in [-0.2, 0) is 4.74 Å². The van der Waals surface area contributed by atoms with Crippen molar-refractivity contribution in [3.05, 3.63) is 48.5 Å². The number of morpholine rings is 1. The average molecular weight is 411 g/mol. The van der Waals surface area contributed by atoms with Gasteiger partial charge in [-0.3, -0.25) is 0 Å². The molecule has 29 heavy (non-hydrogen) atoms. The van der Waals surface area contributed by atoms with Crippen LogP contribution in [0, 0.1) is 0 Å². The minimum atomic E-state index is 0.688. The number of thiazole rings is 1. The minimum absolute atomic E-state index is 0.688. The molecule has 6 nitrogen and oxygen atoms in total. The summed E-state index contributed by atoms with van der Waals surface area (Å²) in [6, 6.07) is 16.4. The Labute approximate surface area is 176 Å². The number of rotatable bonds is 7. The van der Waals surface area contributed by atoms with Gasteiger partial charge in [-0.2, -0.15) is 0 Å². The normalized spacial score (nSPS) is 16.5. The fraction of sp³-hybridized carbons (Fsp3) is 0.409. The molecule has 0 N–H and O–H groups in total. The van der Waals surface area contributed by atoms with E-state index in [2.05, 4.69) is 52.3 Å². The lowest BCUT2D eigenvalue weighted by Crippen LogP contribution is -2.54. The molecule has 0 aliphatic carbocycles. The number of nitrogens with zero attached hydrogens (tertiary/aromatic N) is 5. The Balaban J connectivity index is 1.39. The molecular formula is C22H28N5OS+. The van der Waals surface area contributed by atoms with Crippen molar-refractivity contribution in [2.45, 2.75) is 6.92 Å². The summed E-state index contributed by atoms with van der Waals surface area (Å²) < 4.78 is 7.74. The monoisotopic (exact) mass is 410 g/mol. The first-order valence-electron chi connectivity index (χ1n) is 10.2. The van der Waals surface area contributed by atoms with E-state index in [-0.39, 0.29) is 0 Å². The van der Waals surface area contributed by atoms with Crippen LogP contribution in [0.3, 0.4) is 0 Å². The molecular weight excluding hydrogens is 382 g/mol. The molecule has 1 aliphatic heterocycles. The summed E-state index contributed by atoms with van der Waals surface area (Å²) in [6.07, 6.45) is 0. The van der Waals surface area contributed by atoms with Gasteiger partial charge in [0.1, 0.15) is 13.1 Å². The number of para-hydroxylation sites is 1. The van der Waals surface area contributed by atoms with Crippen molar-refractivity contribution in [1.82, 2.24) is 4.98 Å². The van der Waals surface area contributed by atoms with Crippen molar-refractivity contribution >= 4 is 38.1 Å². The van der Waals surface area contributed by atoms with Gasteiger partial charge < -0.3 is 14.1 Å². The summed E-state index contributed by atoms with van der Waals surface area (Å²) in [5.41, 5.74) is 3.04. The van der Waals surface area contributed by atoms with Crippen LogP contribution < -0.4 is 4.90 Å². The number of hydrogen-bond donors (Lipinski definition) is 0. The quantitative estimate of drug-likeness (QED) is 0.406. The minimum Gasteiger partial charge on any atom is -0.370 e. The molecule has 3 aromatic rings. The zero-order chi connectivity index (χ0) is 20.1. The van der Waals surface area contributed by atoms with Crippen molar-refractivity contribution in [1.29, 1.82) is 0 Å². The first-order chi connectivity index (χ1) is 14.1. The number of aromatic nitrogens is 1. The third kappa shape index (κ3) is 4.98. The van der Waals surface area contributed by atoms with Gasteiger partial charge in [0, 0.05) is 12.2 Å². The molecule has 1 aliphatic rings. The van der Waals surface area contributed by atoms with Crippen LogP contribution >= 0.6 is 11.3 Å². The van der Waals surface area contributed by atoms with Gasteiger partial charge in [-0.1, -0.05) is 23.5 Å². The Morgan fingerprint density at radius 3 is 2.55 bits per heavy atom. The highest BCUT2D eigenvalue weighted by molar-refractivity contribution is 7.21. The van der Waals surface area contributed by atoms with Gasteiger partial charge >= 0.3 is 0 Å². The maximum absolute atomic E-state index is 5.52. The van der Waals surface area contributed by atoms with E-state index in [4.69, 9.17) is 4.74 Å². The van der Waals surface area contributed by atoms with E-state index in [1.807, 2.05) is 30.3 Å². The van der Waals surface area contributed by atoms with Gasteiger partial charge in [0.05, 0.1) is 49.3 Å². The molecule has 0 radical (unpaired) electrons. The van der Waals surface area contributed by atoms with Gasteiger partial charge in [-0.05, 0) is 43.3 Å². The van der Waals surface area contributed by atoms with E-state index in [0.717, 1.165) is 66.3 Å². The standard InChI is InChI=1S/C22H28N5OS/c1-3-26(12-13-27(2)14-16-28-17-15-27)19-10-8-18(9-11-19)24-25-22-23-20-6-4-5-7-21(20)29-22/h4-11H,3,12-17H2,1-2H3/q+1. The maximum atomic E-state index is 5.52. The van der Waals surface area contributed by atoms with E-state index >= 15 is 0 Å². The largest absolute Gasteiger partial charge is 0.370 e. The first-order valence-corrected chi connectivity index (χ1v) is 11.0. The molecule has 0 atom stereocenters. The molecule has 0 amide bonds. The number of quaternary nitrogens is 1. The van der Waals surface area contributed by atoms with E-state index in [9.17, 15) is 0 Å². The number of anilines is 1. The first kappa shape index (κ1) is 19.9. The van der Waals surface area contributed by atoms with E-state index in [0.29, 0.717) is 5.13 Å². The van der Waals surface area contributed by atoms with Crippen LogP contribution in [0.4, 0.5) is 16.5 Å². The Hall–Kier alpha value is -2.35.